The van der Waals surface area contributed by atoms with Crippen LogP contribution in [0.25, 0.3) is 21.3 Å². The molecule has 35 heavy (non-hydrogen) atoms. The van der Waals surface area contributed by atoms with Crippen LogP contribution in [0.4, 0.5) is 0 Å². The monoisotopic (exact) mass is 484 g/mol. The zero-order valence-corrected chi connectivity index (χ0v) is 20.5. The van der Waals surface area contributed by atoms with Gasteiger partial charge in [-0.2, -0.15) is 5.10 Å². The van der Waals surface area contributed by atoms with E-state index in [-0.39, 0.29) is 12.2 Å². The molecule has 5 aromatic rings. The lowest BCUT2D eigenvalue weighted by Crippen LogP contribution is -2.15. The number of hydrogen-bond donors (Lipinski definition) is 0. The first-order valence-corrected chi connectivity index (χ1v) is 12.1. The minimum atomic E-state index is -0.506. The molecular weight excluding hydrogens is 460 g/mol. The Hall–Kier alpha value is -4.04. The summed E-state index contributed by atoms with van der Waals surface area (Å²) in [5, 5.41) is 4.62. The number of benzene rings is 2. The van der Waals surface area contributed by atoms with E-state index in [0.29, 0.717) is 17.2 Å². The van der Waals surface area contributed by atoms with Crippen LogP contribution in [0.5, 0.6) is 0 Å². The van der Waals surface area contributed by atoms with E-state index in [4.69, 9.17) is 4.74 Å². The van der Waals surface area contributed by atoms with Crippen LogP contribution >= 0.6 is 11.3 Å². The van der Waals surface area contributed by atoms with Gasteiger partial charge in [-0.25, -0.2) is 9.78 Å². The smallest absolute Gasteiger partial charge is 0.331 e. The van der Waals surface area contributed by atoms with E-state index in [1.54, 1.807) is 10.5 Å². The molecule has 0 aliphatic carbocycles. The number of carbonyl (C=O) groups is 1. The van der Waals surface area contributed by atoms with E-state index < -0.39 is 5.97 Å². The topological polar surface area (TPSA) is 78.5 Å². The number of rotatable bonds is 6. The van der Waals surface area contributed by atoms with E-state index >= 15 is 0 Å². The molecule has 0 amide bonds. The van der Waals surface area contributed by atoms with E-state index in [1.807, 2.05) is 42.8 Å². The third-order valence-corrected chi connectivity index (χ3v) is 6.91. The number of aromatic nitrogens is 4. The number of hydrogen-bond acceptors (Lipinski definition) is 6. The summed E-state index contributed by atoms with van der Waals surface area (Å²) in [5.74, 6) is -0.506. The highest BCUT2D eigenvalue weighted by molar-refractivity contribution is 7.23. The second kappa shape index (κ2) is 9.31. The summed E-state index contributed by atoms with van der Waals surface area (Å²) in [4.78, 5) is 30.1. The van der Waals surface area contributed by atoms with Gasteiger partial charge >= 0.3 is 5.97 Å². The Morgan fingerprint density at radius 3 is 2.66 bits per heavy atom. The summed E-state index contributed by atoms with van der Waals surface area (Å²) in [6.45, 7) is 6.55. The number of carbonyl (C=O) groups excluding carboxylic acids is 1. The molecule has 0 spiro atoms. The Bertz CT molecular complexity index is 1640. The van der Waals surface area contributed by atoms with Crippen molar-refractivity contribution in [2.45, 2.75) is 33.9 Å². The van der Waals surface area contributed by atoms with Crippen LogP contribution < -0.4 is 5.56 Å². The van der Waals surface area contributed by atoms with E-state index in [9.17, 15) is 9.59 Å². The Kier molecular flexibility index (Phi) is 6.05. The van der Waals surface area contributed by atoms with Gasteiger partial charge in [-0.15, -0.1) is 0 Å². The van der Waals surface area contributed by atoms with Crippen LogP contribution in [-0.4, -0.2) is 25.1 Å². The van der Waals surface area contributed by atoms with Crippen molar-refractivity contribution in [2.24, 2.45) is 0 Å². The molecule has 0 radical (unpaired) electrons. The zero-order valence-electron chi connectivity index (χ0n) is 19.7. The lowest BCUT2D eigenvalue weighted by Gasteiger charge is -2.05. The molecular formula is C27H24N4O3S. The molecule has 2 aromatic carbocycles. The average molecular weight is 485 g/mol. The van der Waals surface area contributed by atoms with Crippen molar-refractivity contribution in [1.29, 1.82) is 0 Å². The quantitative estimate of drug-likeness (QED) is 0.255. The van der Waals surface area contributed by atoms with Gasteiger partial charge in [-0.3, -0.25) is 13.9 Å². The van der Waals surface area contributed by atoms with Crippen LogP contribution in [0.1, 0.15) is 33.8 Å². The maximum Gasteiger partial charge on any atom is 0.331 e. The van der Waals surface area contributed by atoms with Crippen LogP contribution in [0.2, 0.25) is 0 Å². The highest BCUT2D eigenvalue weighted by Crippen LogP contribution is 2.23. The minimum Gasteiger partial charge on any atom is -0.456 e. The van der Waals surface area contributed by atoms with Gasteiger partial charge in [0.2, 0.25) is 0 Å². The highest BCUT2D eigenvalue weighted by atomic mass is 32.1. The van der Waals surface area contributed by atoms with Crippen LogP contribution in [0.3, 0.4) is 0 Å². The molecule has 0 saturated carbocycles. The standard InChI is InChI=1S/C27H24N4O3S/c1-17-8-10-20(11-9-17)15-30-19(3)22(18(2)29-30)12-13-26(33)34-16-21-14-25(32)31-23-6-4-5-7-24(23)35-27(31)28-21/h4-14H,15-16H2,1-3H3/b13-12+. The van der Waals surface area contributed by atoms with E-state index in [0.717, 1.165) is 32.7 Å². The molecule has 3 aromatic heterocycles. The first-order valence-electron chi connectivity index (χ1n) is 11.2. The average Bonchev–Trinajstić information content (AvgIpc) is 3.34. The first kappa shape index (κ1) is 22.7. The Labute approximate surface area is 205 Å². The third kappa shape index (κ3) is 4.65. The van der Waals surface area contributed by atoms with Crippen molar-refractivity contribution in [3.8, 4) is 0 Å². The molecule has 0 atom stereocenters. The van der Waals surface area contributed by atoms with Crippen LogP contribution in [-0.2, 0) is 22.7 Å². The summed E-state index contributed by atoms with van der Waals surface area (Å²) in [5.41, 5.74) is 6.12. The number of thiazole rings is 1. The van der Waals surface area contributed by atoms with Crippen LogP contribution in [0.15, 0.2) is 65.5 Å². The molecule has 5 rings (SSSR count). The number of fused-ring (bicyclic) bond motifs is 3. The van der Waals surface area contributed by atoms with Gasteiger partial charge in [0.25, 0.3) is 5.56 Å². The summed E-state index contributed by atoms with van der Waals surface area (Å²) < 4.78 is 9.84. The largest absolute Gasteiger partial charge is 0.456 e. The molecule has 0 N–H and O–H groups in total. The van der Waals surface area contributed by atoms with Gasteiger partial charge in [-0.05, 0) is 44.5 Å². The number of para-hydroxylation sites is 1. The van der Waals surface area contributed by atoms with Crippen LogP contribution in [0, 0.1) is 20.8 Å². The van der Waals surface area contributed by atoms with Gasteiger partial charge in [0.1, 0.15) is 6.61 Å². The SMILES string of the molecule is Cc1ccc(Cn2nc(C)c(/C=C/C(=O)OCc3cc(=O)n4c(n3)sc3ccccc34)c2C)cc1. The number of esters is 1. The number of nitrogens with zero attached hydrogens (tertiary/aromatic N) is 4. The van der Waals surface area contributed by atoms with Crippen molar-refractivity contribution in [2.75, 3.05) is 0 Å². The fourth-order valence-corrected chi connectivity index (χ4v) is 5.06. The fourth-order valence-electron chi connectivity index (χ4n) is 4.01. The molecule has 0 aliphatic rings. The van der Waals surface area contributed by atoms with Crippen molar-refractivity contribution < 1.29 is 9.53 Å². The predicted octanol–water partition coefficient (Wildman–Crippen LogP) is 4.84. The fraction of sp³-hybridized carbons (Fsp3) is 0.185. The third-order valence-electron chi connectivity index (χ3n) is 5.89. The first-order chi connectivity index (χ1) is 16.9. The zero-order chi connectivity index (χ0) is 24.5. The van der Waals surface area contributed by atoms with E-state index in [1.165, 1.54) is 29.0 Å². The molecule has 3 heterocycles. The van der Waals surface area contributed by atoms with Crippen molar-refractivity contribution in [3.63, 3.8) is 0 Å². The molecule has 0 fully saturated rings. The summed E-state index contributed by atoms with van der Waals surface area (Å²) in [7, 11) is 0. The summed E-state index contributed by atoms with van der Waals surface area (Å²) in [6.07, 6.45) is 3.11. The van der Waals surface area contributed by atoms with Gasteiger partial charge < -0.3 is 4.74 Å². The number of ether oxygens (including phenoxy) is 1. The van der Waals surface area contributed by atoms with E-state index in [2.05, 4.69) is 41.3 Å². The molecule has 0 aliphatic heterocycles. The Balaban J connectivity index is 1.28. The highest BCUT2D eigenvalue weighted by Gasteiger charge is 2.12. The number of aryl methyl sites for hydroxylation is 2. The van der Waals surface area contributed by atoms with Gasteiger partial charge in [-0.1, -0.05) is 53.3 Å². The van der Waals surface area contributed by atoms with Gasteiger partial charge in [0.05, 0.1) is 28.1 Å². The molecule has 8 heteroatoms. The lowest BCUT2D eigenvalue weighted by molar-refractivity contribution is -0.139. The summed E-state index contributed by atoms with van der Waals surface area (Å²) in [6, 6.07) is 17.4. The molecule has 0 unspecified atom stereocenters. The normalized spacial score (nSPS) is 11.6. The molecule has 0 saturated heterocycles. The maximum atomic E-state index is 12.6. The van der Waals surface area contributed by atoms with Gasteiger partial charge in [0.15, 0.2) is 4.96 Å². The van der Waals surface area contributed by atoms with Crippen molar-refractivity contribution >= 4 is 38.6 Å². The van der Waals surface area contributed by atoms with Crippen molar-refractivity contribution in [1.82, 2.24) is 19.2 Å². The van der Waals surface area contributed by atoms with Crippen molar-refractivity contribution in [3.05, 3.63) is 105 Å². The second-order valence-electron chi connectivity index (χ2n) is 8.44. The Morgan fingerprint density at radius 1 is 1.09 bits per heavy atom. The lowest BCUT2D eigenvalue weighted by atomic mass is 10.1. The maximum absolute atomic E-state index is 12.6. The molecule has 7 nitrogen and oxygen atoms in total. The van der Waals surface area contributed by atoms with Gasteiger partial charge in [0, 0.05) is 23.4 Å². The Morgan fingerprint density at radius 2 is 1.86 bits per heavy atom. The summed E-state index contributed by atoms with van der Waals surface area (Å²) >= 11 is 1.43. The predicted molar refractivity (Wildman–Crippen MR) is 138 cm³/mol. The minimum absolute atomic E-state index is 0.0756. The molecule has 0 bridgehead atoms. The second-order valence-corrected chi connectivity index (χ2v) is 9.45. The molecule has 176 valence electrons.